The fourth-order valence-electron chi connectivity index (χ4n) is 9.84. The van der Waals surface area contributed by atoms with E-state index in [1.54, 1.807) is 52.4 Å². The van der Waals surface area contributed by atoms with E-state index < -0.39 is 101 Å². The maximum absolute atomic E-state index is 13.4. The summed E-state index contributed by atoms with van der Waals surface area (Å²) in [6.07, 6.45) is -22.0. The van der Waals surface area contributed by atoms with Crippen LogP contribution in [0.25, 0.3) is 28.4 Å². The number of benzene rings is 6. The maximum atomic E-state index is 13.4. The van der Waals surface area contributed by atoms with Crippen molar-refractivity contribution in [2.24, 2.45) is 7.05 Å². The minimum absolute atomic E-state index is 0.0131. The normalized spacial score (nSPS) is 13.4. The summed E-state index contributed by atoms with van der Waals surface area (Å²) in [5, 5.41) is 35.7. The van der Waals surface area contributed by atoms with E-state index in [9.17, 15) is 93.9 Å². The van der Waals surface area contributed by atoms with Crippen LogP contribution in [-0.2, 0) is 98.2 Å². The maximum Gasteiger partial charge on any atom is 0.494 e. The molecule has 110 heavy (non-hydrogen) atoms. The molecule has 1 aliphatic rings. The number of alkyl halides is 18. The summed E-state index contributed by atoms with van der Waals surface area (Å²) in [7, 11) is 3.24. The summed E-state index contributed by atoms with van der Waals surface area (Å²) in [5.74, 6) is -1.28. The predicted molar refractivity (Wildman–Crippen MR) is 387 cm³/mol. The van der Waals surface area contributed by atoms with Gasteiger partial charge in [-0.1, -0.05) is 88.9 Å². The molecular formula is C73H68BCl4F18IN4O9. The number of hydrogen-bond acceptors (Lipinski definition) is 12. The Bertz CT molecular complexity index is 4470. The number of pyridine rings is 1. The van der Waals surface area contributed by atoms with E-state index in [0.717, 1.165) is 55.7 Å². The van der Waals surface area contributed by atoms with Crippen molar-refractivity contribution in [2.75, 3.05) is 34.0 Å². The lowest BCUT2D eigenvalue weighted by atomic mass is 9.77. The molecule has 13 nitrogen and oxygen atoms in total. The van der Waals surface area contributed by atoms with Gasteiger partial charge in [0.05, 0.1) is 76.3 Å². The Morgan fingerprint density at radius 2 is 0.936 bits per heavy atom. The van der Waals surface area contributed by atoms with E-state index in [1.165, 1.54) is 74.1 Å². The van der Waals surface area contributed by atoms with E-state index in [4.69, 9.17) is 71.0 Å². The molecule has 6 aromatic carbocycles. The predicted octanol–water partition coefficient (Wildman–Crippen LogP) is 20.6. The molecular weight excluding hydrogens is 1700 g/mol. The van der Waals surface area contributed by atoms with Gasteiger partial charge >= 0.3 is 56.1 Å². The van der Waals surface area contributed by atoms with Gasteiger partial charge in [0, 0.05) is 68.6 Å². The van der Waals surface area contributed by atoms with Crippen LogP contribution in [0.15, 0.2) is 128 Å². The Balaban J connectivity index is 0.000000284. The zero-order valence-corrected chi connectivity index (χ0v) is 64.0. The van der Waals surface area contributed by atoms with E-state index in [1.807, 2.05) is 33.8 Å². The summed E-state index contributed by atoms with van der Waals surface area (Å²) < 4.78 is 252. The molecule has 3 N–H and O–H groups in total. The third-order valence-electron chi connectivity index (χ3n) is 16.0. The molecule has 37 heteroatoms. The minimum atomic E-state index is -4.53. The largest absolute Gasteiger partial charge is 0.494 e. The van der Waals surface area contributed by atoms with Gasteiger partial charge in [-0.05, 0) is 207 Å². The molecule has 0 aliphatic carbocycles. The quantitative estimate of drug-likeness (QED) is 0.0274. The van der Waals surface area contributed by atoms with Crippen LogP contribution in [0, 0.1) is 14.9 Å². The smallest absolute Gasteiger partial charge is 0.469 e. The number of rotatable bonds is 16. The van der Waals surface area contributed by atoms with E-state index in [-0.39, 0.29) is 127 Å². The number of aliphatic hydroxyl groups excluding tert-OH is 3. The van der Waals surface area contributed by atoms with Gasteiger partial charge in [-0.2, -0.15) is 84.3 Å². The summed E-state index contributed by atoms with van der Waals surface area (Å²) in [6.45, 7) is 6.97. The number of aromatic nitrogens is 3. The van der Waals surface area contributed by atoms with E-state index in [0.29, 0.717) is 29.3 Å². The Morgan fingerprint density at radius 1 is 0.545 bits per heavy atom. The lowest BCUT2D eigenvalue weighted by Crippen LogP contribution is -2.41. The molecule has 3 heterocycles. The number of aryl methyl sites for hydroxylation is 5. The third kappa shape index (κ3) is 28.7. The highest BCUT2D eigenvalue weighted by molar-refractivity contribution is 14.1. The number of carbonyl (C=O) groups excluding carboxylic acids is 2. The molecule has 8 aromatic rings. The number of carbonyl (C=O) groups is 2. The first-order valence-corrected chi connectivity index (χ1v) is 34.7. The second kappa shape index (κ2) is 40.9. The van der Waals surface area contributed by atoms with Crippen molar-refractivity contribution in [2.45, 2.75) is 127 Å². The van der Waals surface area contributed by atoms with Crippen LogP contribution in [0.5, 0.6) is 0 Å². The Kier molecular flexibility index (Phi) is 35.3. The van der Waals surface area contributed by atoms with Gasteiger partial charge < -0.3 is 38.7 Å². The molecule has 598 valence electrons. The number of fused-ring (bicyclic) bond motifs is 1. The standard InChI is InChI=1S/C18H15F3N4O.C16H22BF3O3.C11H10ClF3O2.C11H8ClF3O2.C10H10ClF3O.C7H3ClF3I/c1-25-10-23-17-15(9-22)24-14(8-16(17)25)12-5-4-11(3-2-6-26)13(7-12)18(19,20)21;1-14(2)15(3,4)23-17(22-14)12-8-7-11(6-5-9-21)13(10-12)16(18,19)20;2*1-17-10(16)5-3-7-2-4-8(12)6-9(7)11(13,14)15;11-8-4-3-7(2-1-5-15)9(6-8)10(12,13)14;8-4-1-2-6(12)5(3-4)7(9,10)11/h4-5,7-8,10,26H,2-3,6H2,1H3;7-8,10,21H,5-6,9H2,1-4H3;2,4,6H,3,5H2,1H3;2-6H,1H3;3-4,6,15H,1-2,5H2;1-3H/b;;;5-3+;;. The van der Waals surface area contributed by atoms with Crippen LogP contribution in [0.3, 0.4) is 0 Å². The van der Waals surface area contributed by atoms with Gasteiger partial charge in [0.15, 0.2) is 5.69 Å². The molecule has 1 saturated heterocycles. The van der Waals surface area contributed by atoms with Gasteiger partial charge in [0.25, 0.3) is 0 Å². The van der Waals surface area contributed by atoms with Gasteiger partial charge in [-0.3, -0.25) is 4.79 Å². The van der Waals surface area contributed by atoms with Crippen LogP contribution in [0.1, 0.15) is 120 Å². The number of aliphatic hydroxyl groups is 3. The first-order valence-electron chi connectivity index (χ1n) is 32.1. The van der Waals surface area contributed by atoms with Crippen molar-refractivity contribution in [3.8, 4) is 17.3 Å². The summed E-state index contributed by atoms with van der Waals surface area (Å²) in [5.41, 5.74) is -3.44. The molecule has 0 atom stereocenters. The van der Waals surface area contributed by atoms with Crippen LogP contribution in [-0.4, -0.2) is 94.2 Å². The van der Waals surface area contributed by atoms with Crippen molar-refractivity contribution in [3.63, 3.8) is 0 Å². The molecule has 0 saturated carbocycles. The molecule has 0 amide bonds. The fraction of sp³-hybridized carbons (Fsp3) is 0.356. The Morgan fingerprint density at radius 3 is 1.35 bits per heavy atom. The molecule has 0 radical (unpaired) electrons. The average molecular weight is 1770 g/mol. The Hall–Kier alpha value is -7.40. The zero-order valence-electron chi connectivity index (χ0n) is 58.8. The molecule has 9 rings (SSSR count). The van der Waals surface area contributed by atoms with Gasteiger partial charge in [-0.15, -0.1) is 0 Å². The number of methoxy groups -OCH3 is 2. The van der Waals surface area contributed by atoms with E-state index >= 15 is 0 Å². The van der Waals surface area contributed by atoms with Crippen molar-refractivity contribution in [1.82, 2.24) is 14.5 Å². The van der Waals surface area contributed by atoms with Crippen LogP contribution in [0.4, 0.5) is 79.0 Å². The van der Waals surface area contributed by atoms with Crippen LogP contribution in [0.2, 0.25) is 20.1 Å². The van der Waals surface area contributed by atoms with Gasteiger partial charge in [-0.25, -0.2) is 14.8 Å². The molecule has 1 aliphatic heterocycles. The SMILES string of the molecule is CC1(C)OB(c2ccc(CCCO)c(C(F)(F)F)c2)OC1(C)C.COC(=O)/C=C/c1ccc(Cl)cc1C(F)(F)F.COC(=O)CCc1ccc(Cl)cc1C(F)(F)F.Cn1cnc2c(C#N)nc(-c3ccc(CCCO)c(C(F)(F)F)c3)cc21.FC(F)(F)c1cc(Cl)ccc1I.OCCCc1ccc(Cl)cc1C(F)(F)F. The lowest BCUT2D eigenvalue weighted by molar-refractivity contribution is -0.142. The lowest BCUT2D eigenvalue weighted by Gasteiger charge is -2.32. The zero-order chi connectivity index (χ0) is 83.3. The number of nitrogens with zero attached hydrogens (tertiary/aromatic N) is 4. The highest BCUT2D eigenvalue weighted by Gasteiger charge is 2.52. The highest BCUT2D eigenvalue weighted by atomic mass is 127. The van der Waals surface area contributed by atoms with Crippen LogP contribution < -0.4 is 5.46 Å². The second-order valence-electron chi connectivity index (χ2n) is 24.4. The molecule has 2 aromatic heterocycles. The van der Waals surface area contributed by atoms with Gasteiger partial charge in [0.2, 0.25) is 0 Å². The first kappa shape index (κ1) is 95.0. The summed E-state index contributed by atoms with van der Waals surface area (Å²) >= 11 is 23.6. The number of esters is 2. The topological polar surface area (TPSA) is 186 Å². The molecule has 1 fully saturated rings. The van der Waals surface area contributed by atoms with E-state index in [2.05, 4.69) is 19.4 Å². The first-order chi connectivity index (χ1) is 50.9. The van der Waals surface area contributed by atoms with Gasteiger partial charge in [0.1, 0.15) is 11.6 Å². The van der Waals surface area contributed by atoms with Crippen molar-refractivity contribution < 1.29 is 123 Å². The van der Waals surface area contributed by atoms with Crippen molar-refractivity contribution in [1.29, 1.82) is 5.26 Å². The molecule has 0 unspecified atom stereocenters. The number of halogens is 23. The summed E-state index contributed by atoms with van der Waals surface area (Å²) in [4.78, 5) is 30.0. The highest BCUT2D eigenvalue weighted by Crippen LogP contribution is 2.42. The number of nitriles is 1. The number of ether oxygens (including phenoxy) is 2. The molecule has 0 bridgehead atoms. The monoisotopic (exact) mass is 1760 g/mol. The average Bonchev–Trinajstić information content (AvgIpc) is 1.59. The molecule has 0 spiro atoms. The van der Waals surface area contributed by atoms with Crippen LogP contribution >= 0.6 is 69.0 Å². The minimum Gasteiger partial charge on any atom is -0.469 e. The van der Waals surface area contributed by atoms with Crippen molar-refractivity contribution >= 4 is 111 Å². The Labute approximate surface area is 653 Å². The third-order valence-corrected chi connectivity index (χ3v) is 17.9. The fourth-order valence-corrected chi connectivity index (χ4v) is 11.2. The number of imidazole rings is 1. The summed E-state index contributed by atoms with van der Waals surface area (Å²) in [6, 6.07) is 25.8. The number of hydrogen-bond donors (Lipinski definition) is 3. The second-order valence-corrected chi connectivity index (χ2v) is 27.3. The van der Waals surface area contributed by atoms with Crippen molar-refractivity contribution in [3.05, 3.63) is 218 Å².